The zero-order valence-electron chi connectivity index (χ0n) is 18.8. The summed E-state index contributed by atoms with van der Waals surface area (Å²) < 4.78 is 8.05. The van der Waals surface area contributed by atoms with E-state index in [0.29, 0.717) is 34.2 Å². The molecule has 6 nitrogen and oxygen atoms in total. The Balaban J connectivity index is 1.65. The van der Waals surface area contributed by atoms with Gasteiger partial charge in [0.25, 0.3) is 0 Å². The number of thioether (sulfide) groups is 1. The number of amides is 1. The van der Waals surface area contributed by atoms with E-state index in [4.69, 9.17) is 39.5 Å². The Labute approximate surface area is 213 Å². The lowest BCUT2D eigenvalue weighted by atomic mass is 10.0. The maximum absolute atomic E-state index is 12.5. The number of nitrogens with one attached hydrogen (secondary N) is 1. The summed E-state index contributed by atoms with van der Waals surface area (Å²) in [6, 6.07) is 9.27. The standard InChI is InChI=1S/C23H25Cl3N4O2S/c1-5-30-20(11-32-19-8-14(4)6-7-16(19)13(2)3)28-29-23(30)33-12-21(31)27-22-17(25)9-15(24)10-18(22)26/h6-10,13H,5,11-12H2,1-4H3,(H,27,31). The molecule has 1 aromatic heterocycles. The Morgan fingerprint density at radius 1 is 1.15 bits per heavy atom. The van der Waals surface area contributed by atoms with Gasteiger partial charge >= 0.3 is 0 Å². The van der Waals surface area contributed by atoms with Crippen molar-refractivity contribution in [1.82, 2.24) is 14.8 Å². The lowest BCUT2D eigenvalue weighted by Gasteiger charge is -2.15. The molecule has 0 saturated carbocycles. The summed E-state index contributed by atoms with van der Waals surface area (Å²) in [5.41, 5.74) is 2.61. The molecule has 3 aromatic rings. The third-order valence-electron chi connectivity index (χ3n) is 4.86. The predicted octanol–water partition coefficient (Wildman–Crippen LogP) is 7.00. The van der Waals surface area contributed by atoms with Gasteiger partial charge in [0.05, 0.1) is 21.5 Å². The van der Waals surface area contributed by atoms with E-state index in [1.807, 2.05) is 24.5 Å². The first kappa shape index (κ1) is 25.7. The number of benzene rings is 2. The average molecular weight is 528 g/mol. The molecule has 1 N–H and O–H groups in total. The molecule has 0 saturated heterocycles. The van der Waals surface area contributed by atoms with Crippen molar-refractivity contribution in [2.45, 2.75) is 51.9 Å². The van der Waals surface area contributed by atoms with Crippen molar-refractivity contribution in [3.05, 3.63) is 62.4 Å². The van der Waals surface area contributed by atoms with Crippen LogP contribution in [0.25, 0.3) is 0 Å². The van der Waals surface area contributed by atoms with E-state index in [1.165, 1.54) is 23.9 Å². The highest BCUT2D eigenvalue weighted by molar-refractivity contribution is 7.99. The SMILES string of the molecule is CCn1c(COc2cc(C)ccc2C(C)C)nnc1SCC(=O)Nc1c(Cl)cc(Cl)cc1Cl. The number of ether oxygens (including phenoxy) is 1. The number of rotatable bonds is 9. The molecule has 33 heavy (non-hydrogen) atoms. The van der Waals surface area contributed by atoms with Gasteiger partial charge in [0, 0.05) is 11.6 Å². The molecule has 10 heteroatoms. The summed E-state index contributed by atoms with van der Waals surface area (Å²) in [7, 11) is 0. The number of aryl methyl sites for hydroxylation is 1. The number of nitrogens with zero attached hydrogens (tertiary/aromatic N) is 3. The second-order valence-electron chi connectivity index (χ2n) is 7.71. The van der Waals surface area contributed by atoms with E-state index in [-0.39, 0.29) is 28.3 Å². The van der Waals surface area contributed by atoms with Crippen LogP contribution >= 0.6 is 46.6 Å². The van der Waals surface area contributed by atoms with Crippen molar-refractivity contribution >= 4 is 58.2 Å². The number of aromatic nitrogens is 3. The van der Waals surface area contributed by atoms with Crippen molar-refractivity contribution in [3.8, 4) is 5.75 Å². The molecule has 0 aliphatic heterocycles. The fraction of sp³-hybridized carbons (Fsp3) is 0.348. The molecular formula is C23H25Cl3N4O2S. The second-order valence-corrected chi connectivity index (χ2v) is 9.90. The van der Waals surface area contributed by atoms with Gasteiger partial charge in [-0.3, -0.25) is 4.79 Å². The van der Waals surface area contributed by atoms with Crippen LogP contribution in [0, 0.1) is 6.92 Å². The molecule has 0 spiro atoms. The molecule has 176 valence electrons. The van der Waals surface area contributed by atoms with Gasteiger partial charge in [0.1, 0.15) is 12.4 Å². The number of carbonyl (C=O) groups excluding carboxylic acids is 1. The summed E-state index contributed by atoms with van der Waals surface area (Å²) in [4.78, 5) is 12.5. The van der Waals surface area contributed by atoms with Crippen LogP contribution in [0.1, 0.15) is 43.6 Å². The summed E-state index contributed by atoms with van der Waals surface area (Å²) in [5.74, 6) is 1.73. The highest BCUT2D eigenvalue weighted by atomic mass is 35.5. The van der Waals surface area contributed by atoms with Gasteiger partial charge in [-0.25, -0.2) is 0 Å². The minimum absolute atomic E-state index is 0.115. The lowest BCUT2D eigenvalue weighted by molar-refractivity contribution is -0.113. The monoisotopic (exact) mass is 526 g/mol. The first-order valence-corrected chi connectivity index (χ1v) is 12.5. The fourth-order valence-electron chi connectivity index (χ4n) is 3.20. The van der Waals surface area contributed by atoms with E-state index in [0.717, 1.165) is 16.9 Å². The quantitative estimate of drug-likeness (QED) is 0.303. The van der Waals surface area contributed by atoms with Crippen molar-refractivity contribution in [1.29, 1.82) is 0 Å². The number of hydrogen-bond donors (Lipinski definition) is 1. The third kappa shape index (κ3) is 6.57. The van der Waals surface area contributed by atoms with Crippen LogP contribution in [0.5, 0.6) is 5.75 Å². The predicted molar refractivity (Wildman–Crippen MR) is 136 cm³/mol. The Hall–Kier alpha value is -1.93. The third-order valence-corrected chi connectivity index (χ3v) is 6.64. The van der Waals surface area contributed by atoms with Gasteiger partial charge in [-0.05, 0) is 49.1 Å². The van der Waals surface area contributed by atoms with Crippen LogP contribution in [0.3, 0.4) is 0 Å². The van der Waals surface area contributed by atoms with E-state index in [2.05, 4.69) is 41.5 Å². The van der Waals surface area contributed by atoms with E-state index in [1.54, 1.807) is 0 Å². The van der Waals surface area contributed by atoms with Crippen LogP contribution < -0.4 is 10.1 Å². The first-order valence-electron chi connectivity index (χ1n) is 10.4. The highest BCUT2D eigenvalue weighted by Gasteiger charge is 2.17. The molecular weight excluding hydrogens is 503 g/mol. The van der Waals surface area contributed by atoms with Crippen LogP contribution in [-0.4, -0.2) is 26.4 Å². The Bertz CT molecular complexity index is 1130. The summed E-state index contributed by atoms with van der Waals surface area (Å²) in [6.45, 7) is 9.24. The smallest absolute Gasteiger partial charge is 0.234 e. The van der Waals surface area contributed by atoms with Crippen molar-refractivity contribution in [3.63, 3.8) is 0 Å². The fourth-order valence-corrected chi connectivity index (χ4v) is 4.94. The molecule has 0 unspecified atom stereocenters. The van der Waals surface area contributed by atoms with E-state index in [9.17, 15) is 4.79 Å². The van der Waals surface area contributed by atoms with Gasteiger partial charge < -0.3 is 14.6 Å². The largest absolute Gasteiger partial charge is 0.485 e. The summed E-state index contributed by atoms with van der Waals surface area (Å²) in [6.07, 6.45) is 0. The van der Waals surface area contributed by atoms with Crippen LogP contribution in [0.2, 0.25) is 15.1 Å². The van der Waals surface area contributed by atoms with Gasteiger partial charge in [0.2, 0.25) is 5.91 Å². The normalized spacial score (nSPS) is 11.2. The molecule has 1 amide bonds. The average Bonchev–Trinajstić information content (AvgIpc) is 3.14. The first-order chi connectivity index (χ1) is 15.7. The van der Waals surface area contributed by atoms with Crippen LogP contribution in [0.4, 0.5) is 5.69 Å². The number of carbonyl (C=O) groups is 1. The topological polar surface area (TPSA) is 69.0 Å². The van der Waals surface area contributed by atoms with Gasteiger partial charge in [0.15, 0.2) is 11.0 Å². The molecule has 3 rings (SSSR count). The Kier molecular flexibility index (Phi) is 8.93. The molecule has 1 heterocycles. The van der Waals surface area contributed by atoms with Gasteiger partial charge in [-0.15, -0.1) is 10.2 Å². The number of hydrogen-bond acceptors (Lipinski definition) is 5. The minimum Gasteiger partial charge on any atom is -0.485 e. The summed E-state index contributed by atoms with van der Waals surface area (Å²) >= 11 is 19.5. The van der Waals surface area contributed by atoms with E-state index >= 15 is 0 Å². The molecule has 0 atom stereocenters. The summed E-state index contributed by atoms with van der Waals surface area (Å²) in [5, 5.41) is 12.8. The van der Waals surface area contributed by atoms with Crippen LogP contribution in [-0.2, 0) is 17.9 Å². The molecule has 0 bridgehead atoms. The lowest BCUT2D eigenvalue weighted by Crippen LogP contribution is -2.15. The maximum atomic E-state index is 12.5. The zero-order chi connectivity index (χ0) is 24.1. The zero-order valence-corrected chi connectivity index (χ0v) is 21.9. The molecule has 0 radical (unpaired) electrons. The molecule has 0 fully saturated rings. The number of halogens is 3. The van der Waals surface area contributed by atoms with Crippen molar-refractivity contribution in [2.24, 2.45) is 0 Å². The highest BCUT2D eigenvalue weighted by Crippen LogP contribution is 2.34. The molecule has 0 aliphatic carbocycles. The van der Waals surface area contributed by atoms with Gasteiger partial charge in [-0.2, -0.15) is 0 Å². The number of anilines is 1. The Morgan fingerprint density at radius 3 is 2.48 bits per heavy atom. The molecule has 0 aliphatic rings. The minimum atomic E-state index is -0.268. The van der Waals surface area contributed by atoms with Gasteiger partial charge in [-0.1, -0.05) is 72.5 Å². The second kappa shape index (κ2) is 11.5. The van der Waals surface area contributed by atoms with Crippen LogP contribution in [0.15, 0.2) is 35.5 Å². The molecule has 2 aromatic carbocycles. The van der Waals surface area contributed by atoms with Crippen molar-refractivity contribution in [2.75, 3.05) is 11.1 Å². The Morgan fingerprint density at radius 2 is 1.85 bits per heavy atom. The van der Waals surface area contributed by atoms with Crippen molar-refractivity contribution < 1.29 is 9.53 Å². The maximum Gasteiger partial charge on any atom is 0.234 e. The van der Waals surface area contributed by atoms with E-state index < -0.39 is 0 Å².